The number of Topliss-reactive ketones (excluding diaryl/α,β-unsaturated/α-hetero) is 1. The Bertz CT molecular complexity index is 498. The van der Waals surface area contributed by atoms with Crippen molar-refractivity contribution in [3.05, 3.63) is 16.9 Å². The van der Waals surface area contributed by atoms with E-state index in [9.17, 15) is 4.79 Å². The zero-order chi connectivity index (χ0) is 15.6. The highest BCUT2D eigenvalue weighted by molar-refractivity contribution is 6.33. The number of likely N-dealkylation sites (N-methyl/N-ethyl adjacent to an activating group) is 1. The minimum Gasteiger partial charge on any atom is -0.308 e. The molecule has 1 aromatic rings. The van der Waals surface area contributed by atoms with E-state index in [1.165, 1.54) is 0 Å². The van der Waals surface area contributed by atoms with E-state index in [1.807, 2.05) is 14.1 Å². The Labute approximate surface area is 132 Å². The summed E-state index contributed by atoms with van der Waals surface area (Å²) in [4.78, 5) is 14.9. The molecule has 2 rings (SSSR count). The summed E-state index contributed by atoms with van der Waals surface area (Å²) in [5.74, 6) is 0.275. The quantitative estimate of drug-likeness (QED) is 0.781. The maximum atomic E-state index is 12.8. The fourth-order valence-corrected chi connectivity index (χ4v) is 3.16. The number of aromatic nitrogens is 2. The van der Waals surface area contributed by atoms with Crippen LogP contribution in [0.25, 0.3) is 0 Å². The van der Waals surface area contributed by atoms with Gasteiger partial charge in [-0.15, -0.1) is 0 Å². The largest absolute Gasteiger partial charge is 0.308 e. The SMILES string of the molecule is CN(C)CCn1ncc(Cl)c1C(=O)C1CCC(C)(C)CC1. The topological polar surface area (TPSA) is 38.1 Å². The van der Waals surface area contributed by atoms with E-state index in [2.05, 4.69) is 23.8 Å². The molecule has 4 nitrogen and oxygen atoms in total. The molecule has 0 unspecified atom stereocenters. The van der Waals surface area contributed by atoms with E-state index >= 15 is 0 Å². The van der Waals surface area contributed by atoms with Crippen molar-refractivity contribution < 1.29 is 4.79 Å². The van der Waals surface area contributed by atoms with Gasteiger partial charge in [0.15, 0.2) is 5.78 Å². The Morgan fingerprint density at radius 2 is 2.05 bits per heavy atom. The second-order valence-electron chi connectivity index (χ2n) is 7.17. The molecule has 0 atom stereocenters. The first-order valence-electron chi connectivity index (χ1n) is 7.70. The normalized spacial score (nSPS) is 19.1. The lowest BCUT2D eigenvalue weighted by atomic mass is 9.71. The molecule has 1 fully saturated rings. The summed E-state index contributed by atoms with van der Waals surface area (Å²) in [5.41, 5.74) is 0.967. The molecule has 1 aliphatic carbocycles. The van der Waals surface area contributed by atoms with E-state index in [4.69, 9.17) is 11.6 Å². The Hall–Kier alpha value is -0.870. The lowest BCUT2D eigenvalue weighted by Crippen LogP contribution is -2.29. The van der Waals surface area contributed by atoms with Crippen molar-refractivity contribution in [1.29, 1.82) is 0 Å². The second kappa shape index (κ2) is 6.49. The van der Waals surface area contributed by atoms with Gasteiger partial charge in [-0.25, -0.2) is 0 Å². The van der Waals surface area contributed by atoms with Crippen molar-refractivity contribution in [3.8, 4) is 0 Å². The van der Waals surface area contributed by atoms with Gasteiger partial charge in [0, 0.05) is 12.5 Å². The smallest absolute Gasteiger partial charge is 0.185 e. The maximum Gasteiger partial charge on any atom is 0.185 e. The summed E-state index contributed by atoms with van der Waals surface area (Å²) in [6.07, 6.45) is 5.72. The van der Waals surface area contributed by atoms with Crippen LogP contribution < -0.4 is 0 Å². The molecule has 0 amide bonds. The second-order valence-corrected chi connectivity index (χ2v) is 7.58. The van der Waals surface area contributed by atoms with Crippen molar-refractivity contribution in [2.45, 2.75) is 46.1 Å². The van der Waals surface area contributed by atoms with Crippen LogP contribution in [0.1, 0.15) is 50.0 Å². The number of carbonyl (C=O) groups excluding carboxylic acids is 1. The molecule has 118 valence electrons. The molecule has 1 heterocycles. The highest BCUT2D eigenvalue weighted by atomic mass is 35.5. The monoisotopic (exact) mass is 311 g/mol. The van der Waals surface area contributed by atoms with Crippen molar-refractivity contribution in [2.75, 3.05) is 20.6 Å². The molecule has 21 heavy (non-hydrogen) atoms. The summed E-state index contributed by atoms with van der Waals surface area (Å²) in [6, 6.07) is 0. The van der Waals surface area contributed by atoms with Crippen LogP contribution >= 0.6 is 11.6 Å². The van der Waals surface area contributed by atoms with Gasteiger partial charge < -0.3 is 4.90 Å². The zero-order valence-electron chi connectivity index (χ0n) is 13.5. The average molecular weight is 312 g/mol. The van der Waals surface area contributed by atoms with Gasteiger partial charge in [0.05, 0.1) is 17.8 Å². The van der Waals surface area contributed by atoms with Crippen LogP contribution in [0.3, 0.4) is 0 Å². The highest BCUT2D eigenvalue weighted by Crippen LogP contribution is 2.39. The summed E-state index contributed by atoms with van der Waals surface area (Å²) < 4.78 is 1.77. The molecular formula is C16H26ClN3O. The summed E-state index contributed by atoms with van der Waals surface area (Å²) in [6.45, 7) is 6.10. The van der Waals surface area contributed by atoms with Gasteiger partial charge in [0.25, 0.3) is 0 Å². The molecule has 0 radical (unpaired) electrons. The summed E-state index contributed by atoms with van der Waals surface area (Å²) >= 11 is 6.21. The number of rotatable bonds is 5. The molecule has 1 aromatic heterocycles. The fourth-order valence-electron chi connectivity index (χ4n) is 2.93. The van der Waals surface area contributed by atoms with Crippen LogP contribution in [0.15, 0.2) is 6.20 Å². The van der Waals surface area contributed by atoms with Gasteiger partial charge in [-0.2, -0.15) is 5.10 Å². The molecule has 0 aromatic carbocycles. The minimum absolute atomic E-state index is 0.102. The van der Waals surface area contributed by atoms with Crippen LogP contribution in [-0.2, 0) is 6.54 Å². The number of carbonyl (C=O) groups is 1. The first kappa shape index (κ1) is 16.5. The van der Waals surface area contributed by atoms with Crippen molar-refractivity contribution in [2.24, 2.45) is 11.3 Å². The van der Waals surface area contributed by atoms with E-state index in [0.29, 0.717) is 22.7 Å². The number of ketones is 1. The Morgan fingerprint density at radius 1 is 1.43 bits per heavy atom. The van der Waals surface area contributed by atoms with E-state index in [0.717, 1.165) is 32.2 Å². The predicted molar refractivity (Wildman–Crippen MR) is 85.9 cm³/mol. The minimum atomic E-state index is 0.102. The van der Waals surface area contributed by atoms with Gasteiger partial charge in [-0.05, 0) is 45.2 Å². The van der Waals surface area contributed by atoms with Crippen LogP contribution in [0.2, 0.25) is 5.02 Å². The van der Waals surface area contributed by atoms with Crippen LogP contribution in [0.5, 0.6) is 0 Å². The Morgan fingerprint density at radius 3 is 2.62 bits per heavy atom. The first-order valence-corrected chi connectivity index (χ1v) is 8.08. The number of hydrogen-bond donors (Lipinski definition) is 0. The molecule has 5 heteroatoms. The van der Waals surface area contributed by atoms with Crippen LogP contribution in [0.4, 0.5) is 0 Å². The molecule has 0 bridgehead atoms. The third-order valence-electron chi connectivity index (χ3n) is 4.50. The van der Waals surface area contributed by atoms with Gasteiger partial charge in [0.2, 0.25) is 0 Å². The Balaban J connectivity index is 2.10. The third-order valence-corrected chi connectivity index (χ3v) is 4.77. The van der Waals surface area contributed by atoms with Crippen molar-refractivity contribution >= 4 is 17.4 Å². The van der Waals surface area contributed by atoms with Crippen molar-refractivity contribution in [3.63, 3.8) is 0 Å². The van der Waals surface area contributed by atoms with E-state index in [1.54, 1.807) is 10.9 Å². The van der Waals surface area contributed by atoms with Gasteiger partial charge >= 0.3 is 0 Å². The number of nitrogens with zero attached hydrogens (tertiary/aromatic N) is 3. The molecule has 1 aliphatic rings. The first-order chi connectivity index (χ1) is 9.80. The summed E-state index contributed by atoms with van der Waals surface area (Å²) in [5, 5.41) is 4.76. The zero-order valence-corrected chi connectivity index (χ0v) is 14.3. The summed E-state index contributed by atoms with van der Waals surface area (Å²) in [7, 11) is 4.02. The van der Waals surface area contributed by atoms with E-state index < -0.39 is 0 Å². The van der Waals surface area contributed by atoms with Crippen LogP contribution in [0, 0.1) is 11.3 Å². The van der Waals surface area contributed by atoms with Gasteiger partial charge in [0.1, 0.15) is 5.69 Å². The van der Waals surface area contributed by atoms with Gasteiger partial charge in [-0.3, -0.25) is 9.48 Å². The lowest BCUT2D eigenvalue weighted by molar-refractivity contribution is 0.0826. The molecule has 0 saturated heterocycles. The van der Waals surface area contributed by atoms with Crippen molar-refractivity contribution in [1.82, 2.24) is 14.7 Å². The fraction of sp³-hybridized carbons (Fsp3) is 0.750. The molecular weight excluding hydrogens is 286 g/mol. The maximum absolute atomic E-state index is 12.8. The molecule has 0 spiro atoms. The Kier molecular flexibility index (Phi) is 5.10. The number of halogens is 1. The highest BCUT2D eigenvalue weighted by Gasteiger charge is 2.33. The third kappa shape index (κ3) is 4.07. The standard InChI is InChI=1S/C16H26ClN3O/c1-16(2)7-5-12(6-8-16)15(21)14-13(17)11-18-20(14)10-9-19(3)4/h11-12H,5-10H2,1-4H3. The average Bonchev–Trinajstić information content (AvgIpc) is 2.76. The van der Waals surface area contributed by atoms with E-state index in [-0.39, 0.29) is 11.7 Å². The van der Waals surface area contributed by atoms with Gasteiger partial charge in [-0.1, -0.05) is 25.4 Å². The van der Waals surface area contributed by atoms with Crippen LogP contribution in [-0.4, -0.2) is 41.1 Å². The molecule has 1 saturated carbocycles. The molecule has 0 N–H and O–H groups in total. The lowest BCUT2D eigenvalue weighted by Gasteiger charge is -2.33. The molecule has 0 aliphatic heterocycles. The number of hydrogen-bond acceptors (Lipinski definition) is 3. The predicted octanol–water partition coefficient (Wildman–Crippen LogP) is 3.50.